The Bertz CT molecular complexity index is 1170. The van der Waals surface area contributed by atoms with Crippen LogP contribution >= 0.6 is 0 Å². The minimum atomic E-state index is -3.81. The molecule has 0 aliphatic carbocycles. The zero-order chi connectivity index (χ0) is 22.7. The summed E-state index contributed by atoms with van der Waals surface area (Å²) in [5.41, 5.74) is 1.73. The van der Waals surface area contributed by atoms with Crippen molar-refractivity contribution in [2.24, 2.45) is 0 Å². The average molecular weight is 457 g/mol. The second kappa shape index (κ2) is 9.35. The molecule has 0 unspecified atom stereocenters. The van der Waals surface area contributed by atoms with Gasteiger partial charge in [-0.3, -0.25) is 0 Å². The van der Waals surface area contributed by atoms with Crippen LogP contribution < -0.4 is 5.32 Å². The molecule has 32 heavy (non-hydrogen) atoms. The predicted octanol–water partition coefficient (Wildman–Crippen LogP) is 2.76. The van der Waals surface area contributed by atoms with E-state index >= 15 is 0 Å². The van der Waals surface area contributed by atoms with E-state index in [9.17, 15) is 8.42 Å². The summed E-state index contributed by atoms with van der Waals surface area (Å²) in [6.45, 7) is 7.29. The molecule has 3 aromatic rings. The SMILES string of the molecule is CCn1cnnc1CNc1ncc(C)cc1S(=O)(=O)N1C[C@@H](C)O[C@@H](c2ccccc2)C1. The standard InChI is InChI=1S/C22H28N6O3S/c1-4-27-15-25-26-21(27)12-24-22-20(10-16(2)11-23-22)32(29,30)28-13-17(3)31-19(14-28)18-8-6-5-7-9-18/h5-11,15,17,19H,4,12-14H2,1-3H3,(H,23,24)/t17-,19-/m1/s1. The number of rotatable bonds is 7. The Morgan fingerprint density at radius 1 is 1.22 bits per heavy atom. The van der Waals surface area contributed by atoms with E-state index in [0.29, 0.717) is 18.2 Å². The fourth-order valence-electron chi connectivity index (χ4n) is 3.81. The number of aryl methyl sites for hydroxylation is 2. The molecule has 3 heterocycles. The molecule has 0 spiro atoms. The van der Waals surface area contributed by atoms with Gasteiger partial charge in [0.05, 0.1) is 18.8 Å². The zero-order valence-electron chi connectivity index (χ0n) is 18.5. The number of ether oxygens (including phenoxy) is 1. The van der Waals surface area contributed by atoms with Gasteiger partial charge < -0.3 is 14.6 Å². The van der Waals surface area contributed by atoms with Crippen LogP contribution in [0.25, 0.3) is 0 Å². The van der Waals surface area contributed by atoms with Crippen molar-refractivity contribution in [3.63, 3.8) is 0 Å². The van der Waals surface area contributed by atoms with Crippen molar-refractivity contribution in [3.05, 3.63) is 65.9 Å². The third-order valence-electron chi connectivity index (χ3n) is 5.46. The smallest absolute Gasteiger partial charge is 0.246 e. The van der Waals surface area contributed by atoms with E-state index in [1.807, 2.05) is 55.7 Å². The number of sulfonamides is 1. The van der Waals surface area contributed by atoms with Crippen LogP contribution in [-0.4, -0.2) is 51.7 Å². The molecule has 0 radical (unpaired) electrons. The van der Waals surface area contributed by atoms with Crippen LogP contribution in [0, 0.1) is 6.92 Å². The molecule has 0 bridgehead atoms. The number of hydrogen-bond acceptors (Lipinski definition) is 7. The largest absolute Gasteiger partial charge is 0.368 e. The first-order chi connectivity index (χ1) is 15.4. The van der Waals surface area contributed by atoms with Crippen LogP contribution in [0.4, 0.5) is 5.82 Å². The third kappa shape index (κ3) is 4.67. The maximum Gasteiger partial charge on any atom is 0.246 e. The highest BCUT2D eigenvalue weighted by Crippen LogP contribution is 2.31. The minimum Gasteiger partial charge on any atom is -0.368 e. The molecule has 1 N–H and O–H groups in total. The van der Waals surface area contributed by atoms with Crippen molar-refractivity contribution in [2.75, 3.05) is 18.4 Å². The van der Waals surface area contributed by atoms with Gasteiger partial charge in [0.1, 0.15) is 17.0 Å². The molecule has 1 fully saturated rings. The van der Waals surface area contributed by atoms with Crippen LogP contribution in [0.15, 0.2) is 53.8 Å². The number of nitrogens with one attached hydrogen (secondary N) is 1. The summed E-state index contributed by atoms with van der Waals surface area (Å²) < 4.78 is 36.9. The van der Waals surface area contributed by atoms with Gasteiger partial charge in [0, 0.05) is 25.8 Å². The Balaban J connectivity index is 1.62. The Morgan fingerprint density at radius 3 is 2.75 bits per heavy atom. The molecule has 2 aromatic heterocycles. The number of aromatic nitrogens is 4. The van der Waals surface area contributed by atoms with Crippen LogP contribution in [0.1, 0.15) is 36.9 Å². The molecule has 0 amide bonds. The third-order valence-corrected chi connectivity index (χ3v) is 7.30. The van der Waals surface area contributed by atoms with Gasteiger partial charge in [0.25, 0.3) is 0 Å². The predicted molar refractivity (Wildman–Crippen MR) is 120 cm³/mol. The first kappa shape index (κ1) is 22.4. The molecule has 1 saturated heterocycles. The molecular weight excluding hydrogens is 428 g/mol. The lowest BCUT2D eigenvalue weighted by molar-refractivity contribution is -0.0557. The molecule has 0 saturated carbocycles. The van der Waals surface area contributed by atoms with E-state index in [4.69, 9.17) is 4.74 Å². The first-order valence-electron chi connectivity index (χ1n) is 10.7. The maximum atomic E-state index is 13.7. The summed E-state index contributed by atoms with van der Waals surface area (Å²) in [6.07, 6.45) is 2.74. The number of pyridine rings is 1. The number of hydrogen-bond donors (Lipinski definition) is 1. The lowest BCUT2D eigenvalue weighted by Gasteiger charge is -2.36. The highest BCUT2D eigenvalue weighted by atomic mass is 32.2. The molecule has 10 heteroatoms. The Hall–Kier alpha value is -2.82. The molecule has 1 aliphatic heterocycles. The fourth-order valence-corrected chi connectivity index (χ4v) is 5.53. The summed E-state index contributed by atoms with van der Waals surface area (Å²) in [6, 6.07) is 11.4. The Labute approximate surface area is 188 Å². The molecule has 2 atom stereocenters. The Kier molecular flexibility index (Phi) is 6.54. The van der Waals surface area contributed by atoms with E-state index in [1.165, 1.54) is 4.31 Å². The van der Waals surface area contributed by atoms with Gasteiger partial charge in [-0.25, -0.2) is 13.4 Å². The van der Waals surface area contributed by atoms with Crippen LogP contribution in [0.2, 0.25) is 0 Å². The summed E-state index contributed by atoms with van der Waals surface area (Å²) >= 11 is 0. The van der Waals surface area contributed by atoms with E-state index in [1.54, 1.807) is 18.6 Å². The van der Waals surface area contributed by atoms with Gasteiger partial charge in [-0.1, -0.05) is 30.3 Å². The molecule has 9 nitrogen and oxygen atoms in total. The molecule has 1 aliphatic rings. The van der Waals surface area contributed by atoms with Gasteiger partial charge >= 0.3 is 0 Å². The molecule has 4 rings (SSSR count). The summed E-state index contributed by atoms with van der Waals surface area (Å²) in [5, 5.41) is 11.2. The number of morpholine rings is 1. The monoisotopic (exact) mass is 456 g/mol. The molecular formula is C22H28N6O3S. The lowest BCUT2D eigenvalue weighted by Crippen LogP contribution is -2.46. The van der Waals surface area contributed by atoms with Gasteiger partial charge in [-0.15, -0.1) is 10.2 Å². The van der Waals surface area contributed by atoms with E-state index in [-0.39, 0.29) is 30.2 Å². The average Bonchev–Trinajstić information content (AvgIpc) is 3.26. The van der Waals surface area contributed by atoms with Crippen molar-refractivity contribution < 1.29 is 13.2 Å². The summed E-state index contributed by atoms with van der Waals surface area (Å²) in [7, 11) is -3.81. The van der Waals surface area contributed by atoms with Crippen molar-refractivity contribution in [3.8, 4) is 0 Å². The topological polar surface area (TPSA) is 102 Å². The summed E-state index contributed by atoms with van der Waals surface area (Å²) in [4.78, 5) is 4.54. The fraction of sp³-hybridized carbons (Fsp3) is 0.409. The van der Waals surface area contributed by atoms with E-state index in [0.717, 1.165) is 17.7 Å². The number of anilines is 1. The van der Waals surface area contributed by atoms with E-state index < -0.39 is 10.0 Å². The second-order valence-electron chi connectivity index (χ2n) is 7.91. The van der Waals surface area contributed by atoms with Crippen LogP contribution in [-0.2, 0) is 27.8 Å². The normalized spacial score (nSPS) is 19.7. The highest BCUT2D eigenvalue weighted by molar-refractivity contribution is 7.89. The van der Waals surface area contributed by atoms with Gasteiger partial charge in [0.15, 0.2) is 5.82 Å². The molecule has 1 aromatic carbocycles. The summed E-state index contributed by atoms with van der Waals surface area (Å²) in [5.74, 6) is 1.01. The second-order valence-corrected chi connectivity index (χ2v) is 9.82. The zero-order valence-corrected chi connectivity index (χ0v) is 19.3. The van der Waals surface area contributed by atoms with Crippen molar-refractivity contribution >= 4 is 15.8 Å². The van der Waals surface area contributed by atoms with Gasteiger partial charge in [-0.2, -0.15) is 4.31 Å². The number of nitrogens with zero attached hydrogens (tertiary/aromatic N) is 5. The maximum absolute atomic E-state index is 13.7. The van der Waals surface area contributed by atoms with Crippen LogP contribution in [0.3, 0.4) is 0 Å². The highest BCUT2D eigenvalue weighted by Gasteiger charge is 2.36. The molecule has 170 valence electrons. The Morgan fingerprint density at radius 2 is 2.00 bits per heavy atom. The van der Waals surface area contributed by atoms with Crippen molar-refractivity contribution in [1.29, 1.82) is 0 Å². The minimum absolute atomic E-state index is 0.154. The first-order valence-corrected chi connectivity index (χ1v) is 12.1. The quantitative estimate of drug-likeness (QED) is 0.583. The van der Waals surface area contributed by atoms with Crippen molar-refractivity contribution in [1.82, 2.24) is 24.1 Å². The van der Waals surface area contributed by atoms with Crippen LogP contribution in [0.5, 0.6) is 0 Å². The van der Waals surface area contributed by atoms with Gasteiger partial charge in [0.2, 0.25) is 10.0 Å². The lowest BCUT2D eigenvalue weighted by atomic mass is 10.1. The van der Waals surface area contributed by atoms with E-state index in [2.05, 4.69) is 20.5 Å². The van der Waals surface area contributed by atoms with Gasteiger partial charge in [-0.05, 0) is 38.0 Å². The number of benzene rings is 1. The van der Waals surface area contributed by atoms with Crippen molar-refractivity contribution in [2.45, 2.75) is 51.0 Å².